The van der Waals surface area contributed by atoms with Gasteiger partial charge in [0.25, 0.3) is 0 Å². The van der Waals surface area contributed by atoms with Crippen LogP contribution in [0.2, 0.25) is 5.15 Å². The smallest absolute Gasteiger partial charge is 0.233 e. The van der Waals surface area contributed by atoms with Crippen molar-refractivity contribution in [3.05, 3.63) is 40.7 Å². The maximum Gasteiger partial charge on any atom is 0.446 e. The van der Waals surface area contributed by atoms with Gasteiger partial charge in [-0.05, 0) is 37.7 Å². The van der Waals surface area contributed by atoms with Gasteiger partial charge in [-0.15, -0.1) is 0 Å². The van der Waals surface area contributed by atoms with Crippen LogP contribution in [0.4, 0.5) is 13.2 Å². The molecule has 0 aliphatic carbocycles. The quantitative estimate of drug-likeness (QED) is 0.574. The second-order valence-corrected chi connectivity index (χ2v) is 5.62. The fraction of sp³-hybridized carbons (Fsp3) is 0.231. The number of nitrogens with zero attached hydrogens (tertiary/aromatic N) is 2. The number of alkyl halides is 3. The maximum atomic E-state index is 12.2. The van der Waals surface area contributed by atoms with Gasteiger partial charge in [0.05, 0.1) is 0 Å². The van der Waals surface area contributed by atoms with Gasteiger partial charge in [0.2, 0.25) is 0 Å². The number of aromatic nitrogens is 2. The minimum absolute atomic E-state index is 0.121. The van der Waals surface area contributed by atoms with E-state index in [9.17, 15) is 13.2 Å². The van der Waals surface area contributed by atoms with Crippen LogP contribution in [-0.4, -0.2) is 15.5 Å². The molecule has 0 N–H and O–H groups in total. The molecule has 0 spiro atoms. The number of halogens is 4. The number of hydrogen-bond donors (Lipinski definition) is 0. The molecule has 2 aromatic rings. The highest BCUT2D eigenvalue weighted by atomic mass is 35.5. The zero-order valence-electron chi connectivity index (χ0n) is 10.6. The lowest BCUT2D eigenvalue weighted by Crippen LogP contribution is -1.99. The first-order valence-corrected chi connectivity index (χ1v) is 6.82. The SMILES string of the molecule is Cc1nc(-c2ccc(SC(F)(F)F)cc2)nc(Cl)c1C. The van der Waals surface area contributed by atoms with Crippen LogP contribution < -0.4 is 0 Å². The standard InChI is InChI=1S/C13H10ClF3N2S/c1-7-8(2)18-12(19-11(7)14)9-3-5-10(6-4-9)20-13(15,16)17/h3-6H,1-2H3. The fourth-order valence-electron chi connectivity index (χ4n) is 1.53. The lowest BCUT2D eigenvalue weighted by molar-refractivity contribution is -0.0328. The summed E-state index contributed by atoms with van der Waals surface area (Å²) in [6, 6.07) is 5.88. The Morgan fingerprint density at radius 2 is 1.65 bits per heavy atom. The van der Waals surface area contributed by atoms with Crippen LogP contribution in [0.3, 0.4) is 0 Å². The van der Waals surface area contributed by atoms with Gasteiger partial charge in [0.1, 0.15) is 5.15 Å². The van der Waals surface area contributed by atoms with Gasteiger partial charge >= 0.3 is 5.51 Å². The van der Waals surface area contributed by atoms with Crippen molar-refractivity contribution in [1.82, 2.24) is 9.97 Å². The molecule has 0 saturated heterocycles. The molecule has 0 amide bonds. The van der Waals surface area contributed by atoms with Crippen LogP contribution in [-0.2, 0) is 0 Å². The molecule has 0 aliphatic heterocycles. The molecule has 0 fully saturated rings. The summed E-state index contributed by atoms with van der Waals surface area (Å²) in [6.45, 7) is 3.62. The maximum absolute atomic E-state index is 12.2. The minimum Gasteiger partial charge on any atom is -0.233 e. The Kier molecular flexibility index (Phi) is 4.25. The van der Waals surface area contributed by atoms with Crippen LogP contribution in [0, 0.1) is 13.8 Å². The van der Waals surface area contributed by atoms with Gasteiger partial charge in [-0.2, -0.15) is 13.2 Å². The van der Waals surface area contributed by atoms with E-state index >= 15 is 0 Å². The highest BCUT2D eigenvalue weighted by Gasteiger charge is 2.29. The molecular weight excluding hydrogens is 309 g/mol. The van der Waals surface area contributed by atoms with Gasteiger partial charge in [-0.25, -0.2) is 9.97 Å². The molecule has 2 nitrogen and oxygen atoms in total. The zero-order chi connectivity index (χ0) is 14.9. The van der Waals surface area contributed by atoms with Crippen molar-refractivity contribution in [2.24, 2.45) is 0 Å². The summed E-state index contributed by atoms with van der Waals surface area (Å²) >= 11 is 5.83. The van der Waals surface area contributed by atoms with Gasteiger partial charge in [-0.3, -0.25) is 0 Å². The summed E-state index contributed by atoms with van der Waals surface area (Å²) in [5.41, 5.74) is -2.13. The molecule has 0 unspecified atom stereocenters. The predicted molar refractivity (Wildman–Crippen MR) is 73.9 cm³/mol. The van der Waals surface area contributed by atoms with E-state index in [4.69, 9.17) is 11.6 Å². The molecule has 2 rings (SSSR count). The summed E-state index contributed by atoms with van der Waals surface area (Å²) < 4.78 is 36.7. The van der Waals surface area contributed by atoms with Crippen molar-refractivity contribution in [3.63, 3.8) is 0 Å². The molecule has 1 heterocycles. The summed E-state index contributed by atoms with van der Waals surface area (Å²) in [5, 5.41) is 0.348. The summed E-state index contributed by atoms with van der Waals surface area (Å²) in [4.78, 5) is 8.54. The van der Waals surface area contributed by atoms with Crippen molar-refractivity contribution in [3.8, 4) is 11.4 Å². The third-order valence-corrected chi connectivity index (χ3v) is 3.78. The second-order valence-electron chi connectivity index (χ2n) is 4.12. The Morgan fingerprint density at radius 3 is 2.15 bits per heavy atom. The van der Waals surface area contributed by atoms with Crippen LogP contribution >= 0.6 is 23.4 Å². The van der Waals surface area contributed by atoms with E-state index < -0.39 is 5.51 Å². The molecule has 1 aromatic heterocycles. The lowest BCUT2D eigenvalue weighted by Gasteiger charge is -2.08. The number of hydrogen-bond acceptors (Lipinski definition) is 3. The summed E-state index contributed by atoms with van der Waals surface area (Å²) in [5.74, 6) is 0.404. The Hall–Kier alpha value is -1.27. The van der Waals surface area contributed by atoms with Gasteiger partial charge in [0.15, 0.2) is 5.82 Å². The first kappa shape index (κ1) is 15.1. The van der Waals surface area contributed by atoms with E-state index in [1.807, 2.05) is 6.92 Å². The molecule has 0 bridgehead atoms. The molecule has 7 heteroatoms. The largest absolute Gasteiger partial charge is 0.446 e. The van der Waals surface area contributed by atoms with Crippen LogP contribution in [0.5, 0.6) is 0 Å². The van der Waals surface area contributed by atoms with E-state index in [2.05, 4.69) is 9.97 Å². The molecule has 1 aromatic carbocycles. The first-order valence-electron chi connectivity index (χ1n) is 5.63. The van der Waals surface area contributed by atoms with Gasteiger partial charge < -0.3 is 0 Å². The molecule has 20 heavy (non-hydrogen) atoms. The summed E-state index contributed by atoms with van der Waals surface area (Å²) in [7, 11) is 0. The summed E-state index contributed by atoms with van der Waals surface area (Å²) in [6.07, 6.45) is 0. The highest BCUT2D eigenvalue weighted by molar-refractivity contribution is 8.00. The van der Waals surface area contributed by atoms with Crippen molar-refractivity contribution >= 4 is 23.4 Å². The van der Waals surface area contributed by atoms with Gasteiger partial charge in [0, 0.05) is 21.7 Å². The predicted octanol–water partition coefficient (Wildman–Crippen LogP) is 5.03. The van der Waals surface area contributed by atoms with E-state index in [1.54, 1.807) is 19.1 Å². The Balaban J connectivity index is 2.31. The van der Waals surface area contributed by atoms with Crippen molar-refractivity contribution < 1.29 is 13.2 Å². The van der Waals surface area contributed by atoms with Gasteiger partial charge in [-0.1, -0.05) is 23.7 Å². The van der Waals surface area contributed by atoms with Crippen molar-refractivity contribution in [2.75, 3.05) is 0 Å². The topological polar surface area (TPSA) is 25.8 Å². The normalized spacial score (nSPS) is 11.7. The fourth-order valence-corrected chi connectivity index (χ4v) is 2.28. The van der Waals surface area contributed by atoms with Crippen LogP contribution in [0.1, 0.15) is 11.3 Å². The van der Waals surface area contributed by atoms with E-state index in [-0.39, 0.29) is 16.7 Å². The molecule has 106 valence electrons. The monoisotopic (exact) mass is 318 g/mol. The number of benzene rings is 1. The van der Waals surface area contributed by atoms with Crippen molar-refractivity contribution in [1.29, 1.82) is 0 Å². The Bertz CT molecular complexity index is 603. The number of rotatable bonds is 2. The zero-order valence-corrected chi connectivity index (χ0v) is 12.2. The Morgan fingerprint density at radius 1 is 1.05 bits per heavy atom. The first-order chi connectivity index (χ1) is 9.26. The average molecular weight is 319 g/mol. The van der Waals surface area contributed by atoms with E-state index in [1.165, 1.54) is 12.1 Å². The molecule has 0 saturated carbocycles. The molecule has 0 radical (unpaired) electrons. The highest BCUT2D eigenvalue weighted by Crippen LogP contribution is 2.37. The average Bonchev–Trinajstić information content (AvgIpc) is 2.34. The van der Waals surface area contributed by atoms with E-state index in [0.29, 0.717) is 16.5 Å². The number of aryl methyl sites for hydroxylation is 1. The number of thioether (sulfide) groups is 1. The minimum atomic E-state index is -4.29. The molecule has 0 aliphatic rings. The van der Waals surface area contributed by atoms with E-state index in [0.717, 1.165) is 11.3 Å². The Labute approximate surface area is 123 Å². The van der Waals surface area contributed by atoms with Crippen LogP contribution in [0.15, 0.2) is 29.2 Å². The third kappa shape index (κ3) is 3.64. The molecule has 0 atom stereocenters. The molecular formula is C13H10ClF3N2S. The van der Waals surface area contributed by atoms with Crippen molar-refractivity contribution in [2.45, 2.75) is 24.3 Å². The lowest BCUT2D eigenvalue weighted by atomic mass is 10.2. The second kappa shape index (κ2) is 5.61. The third-order valence-electron chi connectivity index (χ3n) is 2.68. The van der Waals surface area contributed by atoms with Crippen LogP contribution in [0.25, 0.3) is 11.4 Å².